The van der Waals surface area contributed by atoms with Gasteiger partial charge in [-0.1, -0.05) is 6.42 Å². The van der Waals surface area contributed by atoms with E-state index in [1.807, 2.05) is 6.07 Å². The quantitative estimate of drug-likeness (QED) is 0.866. The summed E-state index contributed by atoms with van der Waals surface area (Å²) < 4.78 is 25.3. The Morgan fingerprint density at radius 2 is 2.09 bits per heavy atom. The van der Waals surface area contributed by atoms with Crippen LogP contribution in [0.3, 0.4) is 0 Å². The second-order valence-electron chi connectivity index (χ2n) is 6.34. The Kier molecular flexibility index (Phi) is 4.63. The van der Waals surface area contributed by atoms with E-state index in [0.29, 0.717) is 12.5 Å². The third kappa shape index (κ3) is 3.95. The lowest BCUT2D eigenvalue weighted by Gasteiger charge is -2.33. The lowest BCUT2D eigenvalue weighted by molar-refractivity contribution is 0.246. The van der Waals surface area contributed by atoms with Crippen LogP contribution in [0.4, 0.5) is 5.82 Å². The van der Waals surface area contributed by atoms with Crippen molar-refractivity contribution in [2.75, 3.05) is 24.7 Å². The van der Waals surface area contributed by atoms with Gasteiger partial charge in [-0.2, -0.15) is 4.31 Å². The fraction of sp³-hybridized carbons (Fsp3) is 0.733. The van der Waals surface area contributed by atoms with E-state index in [-0.39, 0.29) is 6.04 Å². The van der Waals surface area contributed by atoms with Crippen LogP contribution < -0.4 is 5.32 Å². The maximum absolute atomic E-state index is 11.8. The van der Waals surface area contributed by atoms with Crippen molar-refractivity contribution in [2.24, 2.45) is 0 Å². The molecule has 2 heterocycles. The lowest BCUT2D eigenvalue weighted by Crippen LogP contribution is -2.43. The predicted molar refractivity (Wildman–Crippen MR) is 86.3 cm³/mol. The van der Waals surface area contributed by atoms with Crippen LogP contribution in [0, 0.1) is 0 Å². The third-order valence-corrected chi connectivity index (χ3v) is 5.80. The van der Waals surface area contributed by atoms with Gasteiger partial charge in [0.05, 0.1) is 6.26 Å². The molecule has 1 aromatic heterocycles. The van der Waals surface area contributed by atoms with Crippen molar-refractivity contribution in [1.82, 2.24) is 14.3 Å². The highest BCUT2D eigenvalue weighted by atomic mass is 32.2. The Morgan fingerprint density at radius 3 is 2.82 bits per heavy atom. The molecule has 1 N–H and O–H groups in total. The topological polar surface area (TPSA) is 75.2 Å². The van der Waals surface area contributed by atoms with Crippen molar-refractivity contribution in [1.29, 1.82) is 0 Å². The van der Waals surface area contributed by atoms with Gasteiger partial charge in [0.15, 0.2) is 0 Å². The van der Waals surface area contributed by atoms with Crippen LogP contribution in [0.5, 0.6) is 0 Å². The van der Waals surface area contributed by atoms with Crippen LogP contribution in [0.1, 0.15) is 50.1 Å². The van der Waals surface area contributed by atoms with Gasteiger partial charge in [0.25, 0.3) is 0 Å². The van der Waals surface area contributed by atoms with E-state index in [4.69, 9.17) is 0 Å². The summed E-state index contributed by atoms with van der Waals surface area (Å²) >= 11 is 0. The Balaban J connectivity index is 1.54. The fourth-order valence-electron chi connectivity index (χ4n) is 3.14. The van der Waals surface area contributed by atoms with Crippen LogP contribution in [0.15, 0.2) is 12.4 Å². The average Bonchev–Trinajstić information content (AvgIpc) is 3.32. The minimum absolute atomic E-state index is 0.112. The first kappa shape index (κ1) is 15.7. The van der Waals surface area contributed by atoms with Crippen molar-refractivity contribution >= 4 is 15.8 Å². The lowest BCUT2D eigenvalue weighted by atomic mass is 10.0. The van der Waals surface area contributed by atoms with E-state index in [2.05, 4.69) is 15.3 Å². The summed E-state index contributed by atoms with van der Waals surface area (Å²) in [5.41, 5.74) is 1.12. The molecule has 1 aromatic rings. The van der Waals surface area contributed by atoms with Crippen molar-refractivity contribution in [3.05, 3.63) is 18.1 Å². The molecule has 0 bridgehead atoms. The largest absolute Gasteiger partial charge is 0.370 e. The molecule has 3 rings (SSSR count). The SMILES string of the molecule is CS(=O)(=O)N1CCCCC1CCNc1cc(C2CC2)ncn1. The highest BCUT2D eigenvalue weighted by Crippen LogP contribution is 2.39. The first-order valence-electron chi connectivity index (χ1n) is 8.06. The predicted octanol–water partition coefficient (Wildman–Crippen LogP) is 1.97. The molecule has 1 saturated carbocycles. The number of nitrogens with one attached hydrogen (secondary N) is 1. The molecule has 0 amide bonds. The molecule has 1 aliphatic heterocycles. The van der Waals surface area contributed by atoms with E-state index in [1.165, 1.54) is 19.1 Å². The summed E-state index contributed by atoms with van der Waals surface area (Å²) in [4.78, 5) is 8.55. The van der Waals surface area contributed by atoms with Gasteiger partial charge in [0.1, 0.15) is 12.1 Å². The molecule has 1 unspecified atom stereocenters. The van der Waals surface area contributed by atoms with Crippen molar-refractivity contribution in [3.63, 3.8) is 0 Å². The number of nitrogens with zero attached hydrogens (tertiary/aromatic N) is 3. The van der Waals surface area contributed by atoms with Crippen molar-refractivity contribution < 1.29 is 8.42 Å². The first-order chi connectivity index (χ1) is 10.5. The summed E-state index contributed by atoms with van der Waals surface area (Å²) in [6.45, 7) is 1.39. The molecule has 122 valence electrons. The first-order valence-corrected chi connectivity index (χ1v) is 9.91. The van der Waals surface area contributed by atoms with Crippen LogP contribution in [0.2, 0.25) is 0 Å². The molecule has 0 spiro atoms. The van der Waals surface area contributed by atoms with Crippen molar-refractivity contribution in [2.45, 2.75) is 50.5 Å². The van der Waals surface area contributed by atoms with Gasteiger partial charge in [0.2, 0.25) is 10.0 Å². The van der Waals surface area contributed by atoms with Gasteiger partial charge in [-0.3, -0.25) is 0 Å². The van der Waals surface area contributed by atoms with Gasteiger partial charge < -0.3 is 5.32 Å². The maximum atomic E-state index is 11.8. The third-order valence-electron chi connectivity index (χ3n) is 4.47. The average molecular weight is 324 g/mol. The highest BCUT2D eigenvalue weighted by Gasteiger charge is 2.29. The molecule has 1 saturated heterocycles. The smallest absolute Gasteiger partial charge is 0.211 e. The molecule has 22 heavy (non-hydrogen) atoms. The van der Waals surface area contributed by atoms with Crippen LogP contribution >= 0.6 is 0 Å². The van der Waals surface area contributed by atoms with Gasteiger partial charge in [-0.05, 0) is 32.1 Å². The highest BCUT2D eigenvalue weighted by molar-refractivity contribution is 7.88. The fourth-order valence-corrected chi connectivity index (χ4v) is 4.35. The Morgan fingerprint density at radius 1 is 1.27 bits per heavy atom. The van der Waals surface area contributed by atoms with E-state index < -0.39 is 10.0 Å². The summed E-state index contributed by atoms with van der Waals surface area (Å²) in [6, 6.07) is 2.13. The molecule has 7 heteroatoms. The van der Waals surface area contributed by atoms with E-state index in [0.717, 1.165) is 43.7 Å². The molecular weight excluding hydrogens is 300 g/mol. The molecule has 1 aliphatic carbocycles. The van der Waals surface area contributed by atoms with E-state index in [9.17, 15) is 8.42 Å². The summed E-state index contributed by atoms with van der Waals surface area (Å²) in [5, 5.41) is 3.31. The van der Waals surface area contributed by atoms with Gasteiger partial charge in [-0.25, -0.2) is 18.4 Å². The zero-order valence-corrected chi connectivity index (χ0v) is 13.8. The molecule has 2 fully saturated rings. The Labute approximate surface area is 132 Å². The van der Waals surface area contributed by atoms with Crippen molar-refractivity contribution in [3.8, 4) is 0 Å². The Bertz CT molecular complexity index is 616. The van der Waals surface area contributed by atoms with Crippen LogP contribution in [0.25, 0.3) is 0 Å². The molecular formula is C15H24N4O2S. The number of hydrogen-bond donors (Lipinski definition) is 1. The summed E-state index contributed by atoms with van der Waals surface area (Å²) in [6.07, 6.45) is 9.21. The normalized spacial score (nSPS) is 23.4. The zero-order valence-electron chi connectivity index (χ0n) is 13.0. The molecule has 1 atom stereocenters. The number of rotatable bonds is 6. The zero-order chi connectivity index (χ0) is 15.6. The van der Waals surface area contributed by atoms with Gasteiger partial charge >= 0.3 is 0 Å². The second-order valence-corrected chi connectivity index (χ2v) is 8.28. The van der Waals surface area contributed by atoms with Crippen LogP contribution in [-0.4, -0.2) is 48.1 Å². The number of sulfonamides is 1. The van der Waals surface area contributed by atoms with Gasteiger partial charge in [0, 0.05) is 36.8 Å². The molecule has 0 aromatic carbocycles. The number of hydrogen-bond acceptors (Lipinski definition) is 5. The molecule has 2 aliphatic rings. The summed E-state index contributed by atoms with van der Waals surface area (Å²) in [7, 11) is -3.10. The Hall–Kier alpha value is -1.21. The monoisotopic (exact) mass is 324 g/mol. The maximum Gasteiger partial charge on any atom is 0.211 e. The van der Waals surface area contributed by atoms with Crippen LogP contribution in [-0.2, 0) is 10.0 Å². The molecule has 0 radical (unpaired) electrons. The van der Waals surface area contributed by atoms with E-state index in [1.54, 1.807) is 10.6 Å². The molecule has 6 nitrogen and oxygen atoms in total. The second kappa shape index (κ2) is 6.50. The number of anilines is 1. The number of piperidine rings is 1. The standard InChI is InChI=1S/C15H24N4O2S/c1-22(20,21)19-9-3-2-4-13(19)7-8-16-15-10-14(12-5-6-12)17-11-18-15/h10-13H,2-9H2,1H3,(H,16,17,18). The number of aromatic nitrogens is 2. The summed E-state index contributed by atoms with van der Waals surface area (Å²) in [5.74, 6) is 1.46. The minimum Gasteiger partial charge on any atom is -0.370 e. The van der Waals surface area contributed by atoms with E-state index >= 15 is 0 Å². The van der Waals surface area contributed by atoms with Gasteiger partial charge in [-0.15, -0.1) is 0 Å². The minimum atomic E-state index is -3.10.